The highest BCUT2D eigenvalue weighted by Crippen LogP contribution is 2.43. The average Bonchev–Trinajstić information content (AvgIpc) is 2.91. The molecule has 0 bridgehead atoms. The molecule has 2 aromatic carbocycles. The standard InChI is InChI=1S/C30H37ClN2O4S/c1-21-4-7-23(8-5-21)38-17-3-14-33-15-12-30(13-16-33,19-28(35)36)11-10-27(34)29-24-18-22(37-2)6-9-26(24)32-20-25(29)31/h4-9,18,20,27,34H,3,10-17,19H2,1-2H3,(H,35,36)/t27-/m1/s1. The quantitative estimate of drug-likeness (QED) is 0.188. The molecule has 204 valence electrons. The number of carboxylic acids is 1. The number of carbonyl (C=O) groups is 1. The molecule has 0 spiro atoms. The van der Waals surface area contributed by atoms with Crippen molar-refractivity contribution in [2.75, 3.05) is 32.5 Å². The second-order valence-electron chi connectivity index (χ2n) is 10.4. The summed E-state index contributed by atoms with van der Waals surface area (Å²) in [5.41, 5.74) is 2.31. The highest BCUT2D eigenvalue weighted by Gasteiger charge is 2.37. The van der Waals surface area contributed by atoms with Gasteiger partial charge < -0.3 is 19.8 Å². The number of rotatable bonds is 12. The van der Waals surface area contributed by atoms with Crippen LogP contribution in [-0.4, -0.2) is 58.6 Å². The Labute approximate surface area is 234 Å². The number of aliphatic carboxylic acids is 1. The van der Waals surface area contributed by atoms with E-state index in [1.807, 2.05) is 30.0 Å². The highest BCUT2D eigenvalue weighted by atomic mass is 35.5. The summed E-state index contributed by atoms with van der Waals surface area (Å²) in [5, 5.41) is 22.1. The topological polar surface area (TPSA) is 82.9 Å². The van der Waals surface area contributed by atoms with Crippen LogP contribution in [0.25, 0.3) is 10.9 Å². The van der Waals surface area contributed by atoms with Crippen molar-refractivity contribution in [2.45, 2.75) is 56.4 Å². The Hall–Kier alpha value is -2.32. The molecule has 1 aliphatic heterocycles. The van der Waals surface area contributed by atoms with Gasteiger partial charge in [0.1, 0.15) is 5.75 Å². The van der Waals surface area contributed by atoms with Gasteiger partial charge in [0.25, 0.3) is 0 Å². The Morgan fingerprint density at radius 3 is 2.63 bits per heavy atom. The summed E-state index contributed by atoms with van der Waals surface area (Å²) in [6, 6.07) is 14.2. The molecule has 0 amide bonds. The molecule has 0 unspecified atom stereocenters. The van der Waals surface area contributed by atoms with Gasteiger partial charge in [0.15, 0.2) is 0 Å². The van der Waals surface area contributed by atoms with Crippen molar-refractivity contribution in [3.63, 3.8) is 0 Å². The number of hydrogen-bond donors (Lipinski definition) is 2. The fraction of sp³-hybridized carbons (Fsp3) is 0.467. The van der Waals surface area contributed by atoms with Crippen LogP contribution in [0.5, 0.6) is 5.75 Å². The lowest BCUT2D eigenvalue weighted by Crippen LogP contribution is -2.41. The first kappa shape index (κ1) is 28.7. The van der Waals surface area contributed by atoms with Gasteiger partial charge in [0, 0.05) is 22.0 Å². The van der Waals surface area contributed by atoms with Crippen molar-refractivity contribution < 1.29 is 19.7 Å². The summed E-state index contributed by atoms with van der Waals surface area (Å²) in [5.74, 6) is 0.957. The molecular weight excluding hydrogens is 520 g/mol. The fourth-order valence-corrected chi connectivity index (χ4v) is 6.53. The van der Waals surface area contributed by atoms with Crippen LogP contribution < -0.4 is 4.74 Å². The Balaban J connectivity index is 1.34. The Morgan fingerprint density at radius 2 is 1.95 bits per heavy atom. The van der Waals surface area contributed by atoms with Crippen LogP contribution in [0.15, 0.2) is 53.6 Å². The van der Waals surface area contributed by atoms with Gasteiger partial charge in [-0.25, -0.2) is 0 Å². The number of pyridine rings is 1. The number of hydrogen-bond acceptors (Lipinski definition) is 6. The second-order valence-corrected chi connectivity index (χ2v) is 12.0. The number of likely N-dealkylation sites (tertiary alicyclic amines) is 1. The van der Waals surface area contributed by atoms with Crippen molar-refractivity contribution in [1.29, 1.82) is 0 Å². The molecule has 1 aliphatic rings. The molecule has 4 rings (SSSR count). The number of fused-ring (bicyclic) bond motifs is 1. The van der Waals surface area contributed by atoms with Gasteiger partial charge in [-0.15, -0.1) is 11.8 Å². The number of halogens is 1. The minimum atomic E-state index is -0.817. The van der Waals surface area contributed by atoms with E-state index in [4.69, 9.17) is 16.3 Å². The lowest BCUT2D eigenvalue weighted by Gasteiger charge is -2.41. The number of aryl methyl sites for hydroxylation is 1. The third-order valence-electron chi connectivity index (χ3n) is 7.70. The molecule has 38 heavy (non-hydrogen) atoms. The summed E-state index contributed by atoms with van der Waals surface area (Å²) in [6.45, 7) is 4.89. The first-order valence-corrected chi connectivity index (χ1v) is 14.6. The maximum atomic E-state index is 11.8. The van der Waals surface area contributed by atoms with E-state index >= 15 is 0 Å². The zero-order valence-corrected chi connectivity index (χ0v) is 23.7. The molecule has 0 radical (unpaired) electrons. The van der Waals surface area contributed by atoms with E-state index in [2.05, 4.69) is 41.1 Å². The maximum absolute atomic E-state index is 11.8. The van der Waals surface area contributed by atoms with Gasteiger partial charge in [-0.1, -0.05) is 29.3 Å². The Morgan fingerprint density at radius 1 is 1.21 bits per heavy atom. The van der Waals surface area contributed by atoms with E-state index in [9.17, 15) is 15.0 Å². The summed E-state index contributed by atoms with van der Waals surface area (Å²) in [7, 11) is 1.60. The third kappa shape index (κ3) is 7.41. The van der Waals surface area contributed by atoms with E-state index in [-0.39, 0.29) is 11.8 Å². The molecule has 0 aliphatic carbocycles. The number of ether oxygens (including phenoxy) is 1. The second kappa shape index (κ2) is 13.2. The zero-order valence-electron chi connectivity index (χ0n) is 22.2. The van der Waals surface area contributed by atoms with Crippen molar-refractivity contribution in [3.05, 3.63) is 64.8 Å². The van der Waals surface area contributed by atoms with E-state index in [0.29, 0.717) is 29.2 Å². The van der Waals surface area contributed by atoms with Crippen LogP contribution in [0.3, 0.4) is 0 Å². The predicted octanol–water partition coefficient (Wildman–Crippen LogP) is 6.76. The monoisotopic (exact) mass is 556 g/mol. The zero-order chi connectivity index (χ0) is 27.1. The van der Waals surface area contributed by atoms with Crippen LogP contribution in [0.4, 0.5) is 0 Å². The molecular formula is C30H37ClN2O4S. The molecule has 1 fully saturated rings. The molecule has 1 saturated heterocycles. The first-order valence-electron chi connectivity index (χ1n) is 13.2. The molecule has 0 saturated carbocycles. The number of nitrogens with zero attached hydrogens (tertiary/aromatic N) is 2. The molecule has 1 aromatic heterocycles. The van der Waals surface area contributed by atoms with Gasteiger partial charge in [0.2, 0.25) is 0 Å². The number of aliphatic hydroxyl groups is 1. The smallest absolute Gasteiger partial charge is 0.303 e. The van der Waals surface area contributed by atoms with Crippen molar-refractivity contribution in [3.8, 4) is 5.75 Å². The number of aromatic nitrogens is 1. The minimum absolute atomic E-state index is 0.121. The SMILES string of the molecule is COc1ccc2ncc(Cl)c([C@H](O)CCC3(CC(=O)O)CCN(CCCSc4ccc(C)cc4)CC3)c2c1. The summed E-state index contributed by atoms with van der Waals surface area (Å²) in [4.78, 5) is 19.9. The lowest BCUT2D eigenvalue weighted by molar-refractivity contribution is -0.141. The van der Waals surface area contributed by atoms with E-state index < -0.39 is 12.1 Å². The molecule has 1 atom stereocenters. The normalized spacial score (nSPS) is 16.4. The van der Waals surface area contributed by atoms with Crippen LogP contribution in [0.2, 0.25) is 5.02 Å². The van der Waals surface area contributed by atoms with Crippen LogP contribution in [0, 0.1) is 12.3 Å². The molecule has 6 nitrogen and oxygen atoms in total. The lowest BCUT2D eigenvalue weighted by atomic mass is 9.71. The van der Waals surface area contributed by atoms with Crippen LogP contribution in [0.1, 0.15) is 55.8 Å². The van der Waals surface area contributed by atoms with E-state index in [1.54, 1.807) is 13.3 Å². The maximum Gasteiger partial charge on any atom is 0.303 e. The predicted molar refractivity (Wildman–Crippen MR) is 154 cm³/mol. The average molecular weight is 557 g/mol. The number of benzene rings is 2. The van der Waals surface area contributed by atoms with Gasteiger partial charge in [-0.05, 0) is 100 Å². The molecule has 2 heterocycles. The number of carboxylic acid groups (broad SMARTS) is 1. The molecule has 3 aromatic rings. The molecule has 2 N–H and O–H groups in total. The van der Waals surface area contributed by atoms with Crippen molar-refractivity contribution >= 4 is 40.2 Å². The van der Waals surface area contributed by atoms with Crippen molar-refractivity contribution in [1.82, 2.24) is 9.88 Å². The first-order chi connectivity index (χ1) is 18.3. The third-order valence-corrected chi connectivity index (χ3v) is 9.10. The number of aliphatic hydroxyl groups excluding tert-OH is 1. The fourth-order valence-electron chi connectivity index (χ4n) is 5.42. The minimum Gasteiger partial charge on any atom is -0.497 e. The highest BCUT2D eigenvalue weighted by molar-refractivity contribution is 7.99. The Bertz CT molecular complexity index is 1230. The van der Waals surface area contributed by atoms with Crippen LogP contribution >= 0.6 is 23.4 Å². The van der Waals surface area contributed by atoms with E-state index in [0.717, 1.165) is 55.6 Å². The van der Waals surface area contributed by atoms with Gasteiger partial charge >= 0.3 is 5.97 Å². The van der Waals surface area contributed by atoms with E-state index in [1.165, 1.54) is 10.5 Å². The number of methoxy groups -OCH3 is 1. The summed E-state index contributed by atoms with van der Waals surface area (Å²) in [6.07, 6.45) is 4.67. The van der Waals surface area contributed by atoms with Gasteiger partial charge in [0.05, 0.1) is 30.2 Å². The summed E-state index contributed by atoms with van der Waals surface area (Å²) >= 11 is 8.38. The number of piperidine rings is 1. The molecule has 8 heteroatoms. The van der Waals surface area contributed by atoms with Gasteiger partial charge in [-0.3, -0.25) is 9.78 Å². The largest absolute Gasteiger partial charge is 0.497 e. The number of thioether (sulfide) groups is 1. The van der Waals surface area contributed by atoms with Crippen molar-refractivity contribution in [2.24, 2.45) is 5.41 Å². The van der Waals surface area contributed by atoms with Gasteiger partial charge in [-0.2, -0.15) is 0 Å². The summed E-state index contributed by atoms with van der Waals surface area (Å²) < 4.78 is 5.36. The van der Waals surface area contributed by atoms with Crippen LogP contribution in [-0.2, 0) is 4.79 Å². The Kier molecular flexibility index (Phi) is 9.93.